The van der Waals surface area contributed by atoms with E-state index in [0.29, 0.717) is 10.8 Å². The Bertz CT molecular complexity index is 1430. The van der Waals surface area contributed by atoms with E-state index in [1.165, 1.54) is 6.07 Å². The molecule has 0 unspecified atom stereocenters. The minimum atomic E-state index is -6.09. The van der Waals surface area contributed by atoms with Gasteiger partial charge in [-0.3, -0.25) is 0 Å². The highest BCUT2D eigenvalue weighted by atomic mass is 32.2. The summed E-state index contributed by atoms with van der Waals surface area (Å²) < 4.78 is 93.8. The minimum Gasteiger partial charge on any atom is -0.741 e. The smallest absolute Gasteiger partial charge is 0.485 e. The van der Waals surface area contributed by atoms with E-state index in [1.54, 1.807) is 24.3 Å². The van der Waals surface area contributed by atoms with Crippen molar-refractivity contribution >= 4 is 37.9 Å². The first kappa shape index (κ1) is 25.0. The van der Waals surface area contributed by atoms with Crippen molar-refractivity contribution in [2.75, 3.05) is 0 Å². The molecule has 0 amide bonds. The van der Waals surface area contributed by atoms with Crippen molar-refractivity contribution in [2.24, 2.45) is 7.05 Å². The highest BCUT2D eigenvalue weighted by Gasteiger charge is 2.37. The number of halogens is 5. The zero-order chi connectivity index (χ0) is 25.3. The molecule has 0 atom stereocenters. The van der Waals surface area contributed by atoms with Gasteiger partial charge in [0.05, 0.1) is 16.3 Å². The maximum atomic E-state index is 13.9. The summed E-state index contributed by atoms with van der Waals surface area (Å²) in [5.74, 6) is -3.34. The lowest BCUT2D eigenvalue weighted by Gasteiger charge is -2.10. The van der Waals surface area contributed by atoms with Gasteiger partial charge in [-0.05, 0) is 24.3 Å². The molecule has 0 aliphatic carbocycles. The van der Waals surface area contributed by atoms with Gasteiger partial charge in [0.2, 0.25) is 16.8 Å². The molecule has 34 heavy (non-hydrogen) atoms. The molecule has 0 N–H and O–H groups in total. The van der Waals surface area contributed by atoms with Crippen molar-refractivity contribution in [3.05, 3.63) is 83.9 Å². The van der Waals surface area contributed by atoms with Crippen LogP contribution in [0.1, 0.15) is 10.4 Å². The molecule has 0 aliphatic heterocycles. The first-order valence-electron chi connectivity index (χ1n) is 9.30. The van der Waals surface area contributed by atoms with Gasteiger partial charge in [-0.1, -0.05) is 30.3 Å². The number of aryl methyl sites for hydroxylation is 1. The number of alkyl halides is 3. The Morgan fingerprint density at radius 3 is 1.68 bits per heavy atom. The lowest BCUT2D eigenvalue weighted by atomic mass is 10.0. The number of pyridine rings is 1. The first-order valence-corrected chi connectivity index (χ1v) is 10.7. The Labute approximate surface area is 189 Å². The third-order valence-electron chi connectivity index (χ3n) is 4.67. The van der Waals surface area contributed by atoms with E-state index in [1.807, 2.05) is 35.9 Å². The fraction of sp³-hybridized carbons (Fsp3) is 0.0909. The monoisotopic (exact) mass is 499 g/mol. The SMILES string of the molecule is C[n+]1c2ccccc2c(C(=O)Oc2c(F)cccc2F)c2ccccc21.O=S(=O)([O-])C(F)(F)F. The standard InChI is InChI=1S/C21H14F2NO2.CHF3O3S/c1-24-17-11-4-2-7-13(17)19(14-8-3-5-12-18(14)24)21(25)26-20-15(22)9-6-10-16(20)23;2-1(3,4)8(5,6)7/h2-12H,1H3;(H,5,6,7)/q+1;/p-1. The molecule has 12 heteroatoms. The van der Waals surface area contributed by atoms with Gasteiger partial charge in [0.1, 0.15) is 7.05 Å². The molecule has 0 spiro atoms. The Morgan fingerprint density at radius 2 is 1.26 bits per heavy atom. The number of carbonyl (C=O) groups excluding carboxylic acids is 1. The van der Waals surface area contributed by atoms with Crippen molar-refractivity contribution in [1.82, 2.24) is 0 Å². The highest BCUT2D eigenvalue weighted by molar-refractivity contribution is 7.86. The fourth-order valence-corrected chi connectivity index (χ4v) is 3.17. The third-order valence-corrected chi connectivity index (χ3v) is 5.24. The normalized spacial score (nSPS) is 11.7. The number of benzene rings is 3. The molecule has 0 saturated carbocycles. The van der Waals surface area contributed by atoms with Crippen LogP contribution in [0.25, 0.3) is 21.8 Å². The van der Waals surface area contributed by atoms with Crippen molar-refractivity contribution in [3.63, 3.8) is 0 Å². The second kappa shape index (κ2) is 9.31. The van der Waals surface area contributed by atoms with E-state index in [4.69, 9.17) is 17.7 Å². The van der Waals surface area contributed by atoms with E-state index in [-0.39, 0.29) is 5.56 Å². The summed E-state index contributed by atoms with van der Waals surface area (Å²) in [6.07, 6.45) is 0. The van der Waals surface area contributed by atoms with Crippen LogP contribution < -0.4 is 9.30 Å². The summed E-state index contributed by atoms with van der Waals surface area (Å²) >= 11 is 0. The maximum Gasteiger partial charge on any atom is 0.485 e. The first-order chi connectivity index (χ1) is 15.8. The Kier molecular flexibility index (Phi) is 6.84. The summed E-state index contributed by atoms with van der Waals surface area (Å²) in [5, 5.41) is 1.30. The van der Waals surface area contributed by atoms with Crippen LogP contribution in [0.15, 0.2) is 66.7 Å². The van der Waals surface area contributed by atoms with Crippen LogP contribution in [0.2, 0.25) is 0 Å². The average molecular weight is 499 g/mol. The predicted molar refractivity (Wildman–Crippen MR) is 110 cm³/mol. The number of carbonyl (C=O) groups is 1. The minimum absolute atomic E-state index is 0.275. The van der Waals surface area contributed by atoms with Gasteiger partial charge in [0.25, 0.3) is 0 Å². The van der Waals surface area contributed by atoms with Crippen molar-refractivity contribution in [2.45, 2.75) is 5.51 Å². The summed E-state index contributed by atoms with van der Waals surface area (Å²) in [4.78, 5) is 12.9. The van der Waals surface area contributed by atoms with Gasteiger partial charge in [-0.2, -0.15) is 17.7 Å². The molecular formula is C22H14F5NO5S. The van der Waals surface area contributed by atoms with Gasteiger partial charge < -0.3 is 9.29 Å². The molecule has 0 saturated heterocycles. The molecule has 4 rings (SSSR count). The molecule has 4 aromatic rings. The number of ether oxygens (including phenoxy) is 1. The van der Waals surface area contributed by atoms with Crippen molar-refractivity contribution in [1.29, 1.82) is 0 Å². The van der Waals surface area contributed by atoms with E-state index < -0.39 is 39.0 Å². The van der Waals surface area contributed by atoms with E-state index in [0.717, 1.165) is 23.2 Å². The number of para-hydroxylation sites is 3. The summed E-state index contributed by atoms with van der Waals surface area (Å²) in [7, 11) is -4.19. The van der Waals surface area contributed by atoms with E-state index in [9.17, 15) is 26.7 Å². The summed E-state index contributed by atoms with van der Waals surface area (Å²) in [6.45, 7) is 0. The zero-order valence-electron chi connectivity index (χ0n) is 17.1. The van der Waals surface area contributed by atoms with Gasteiger partial charge in [0, 0.05) is 12.1 Å². The average Bonchev–Trinajstić information content (AvgIpc) is 2.76. The van der Waals surface area contributed by atoms with Crippen molar-refractivity contribution in [3.8, 4) is 5.75 Å². The van der Waals surface area contributed by atoms with Crippen LogP contribution in [0.3, 0.4) is 0 Å². The molecular weight excluding hydrogens is 485 g/mol. The number of esters is 1. The molecule has 6 nitrogen and oxygen atoms in total. The molecule has 0 aliphatic rings. The summed E-state index contributed by atoms with van der Waals surface area (Å²) in [5.41, 5.74) is -3.75. The Morgan fingerprint density at radius 1 is 0.853 bits per heavy atom. The topological polar surface area (TPSA) is 87.4 Å². The molecule has 0 fully saturated rings. The number of fused-ring (bicyclic) bond motifs is 2. The molecule has 1 aromatic heterocycles. The van der Waals surface area contributed by atoms with E-state index >= 15 is 0 Å². The van der Waals surface area contributed by atoms with Crippen LogP contribution in [-0.2, 0) is 17.2 Å². The quantitative estimate of drug-likeness (QED) is 0.0778. The van der Waals surface area contributed by atoms with Crippen molar-refractivity contribution < 1.29 is 49.0 Å². The maximum absolute atomic E-state index is 13.9. The molecule has 0 radical (unpaired) electrons. The molecule has 3 aromatic carbocycles. The number of hydrogen-bond donors (Lipinski definition) is 0. The van der Waals surface area contributed by atoms with Crippen LogP contribution >= 0.6 is 0 Å². The number of aromatic nitrogens is 1. The number of nitrogens with zero attached hydrogens (tertiary/aromatic N) is 1. The van der Waals surface area contributed by atoms with Gasteiger partial charge in [-0.25, -0.2) is 22.0 Å². The third kappa shape index (κ3) is 4.97. The van der Waals surface area contributed by atoms with Gasteiger partial charge >= 0.3 is 11.5 Å². The van der Waals surface area contributed by atoms with Gasteiger partial charge in [-0.15, -0.1) is 0 Å². The van der Waals surface area contributed by atoms with Crippen LogP contribution in [-0.4, -0.2) is 24.4 Å². The van der Waals surface area contributed by atoms with Crippen LogP contribution in [0.5, 0.6) is 5.75 Å². The zero-order valence-corrected chi connectivity index (χ0v) is 18.0. The second-order valence-electron chi connectivity index (χ2n) is 6.81. The molecule has 0 bridgehead atoms. The lowest BCUT2D eigenvalue weighted by molar-refractivity contribution is -0.617. The van der Waals surface area contributed by atoms with Crippen LogP contribution in [0, 0.1) is 11.6 Å². The largest absolute Gasteiger partial charge is 0.741 e. The lowest BCUT2D eigenvalue weighted by Crippen LogP contribution is -2.31. The van der Waals surface area contributed by atoms with E-state index in [2.05, 4.69) is 0 Å². The molecule has 178 valence electrons. The predicted octanol–water partition coefficient (Wildman–Crippen LogP) is 4.37. The molecule has 1 heterocycles. The fourth-order valence-electron chi connectivity index (χ4n) is 3.17. The summed E-state index contributed by atoms with van der Waals surface area (Å²) in [6, 6.07) is 18.0. The van der Waals surface area contributed by atoms with Gasteiger partial charge in [0.15, 0.2) is 21.8 Å². The Hall–Kier alpha value is -3.64. The second-order valence-corrected chi connectivity index (χ2v) is 8.18. The Balaban J connectivity index is 0.000000350. The number of hydrogen-bond acceptors (Lipinski definition) is 5. The van der Waals surface area contributed by atoms with Crippen LogP contribution in [0.4, 0.5) is 22.0 Å². The highest BCUT2D eigenvalue weighted by Crippen LogP contribution is 2.28. The number of rotatable bonds is 2.